The van der Waals surface area contributed by atoms with E-state index in [9.17, 15) is 41.4 Å². The molecule has 4 aliphatic carbocycles. The normalized spacial score (nSPS) is 44.3. The third kappa shape index (κ3) is 4.91. The molecule has 0 aromatic rings. The van der Waals surface area contributed by atoms with E-state index in [0.717, 1.165) is 19.4 Å². The van der Waals surface area contributed by atoms with Gasteiger partial charge in [-0.15, -0.1) is 11.6 Å². The molecule has 41 heavy (non-hydrogen) atoms. The summed E-state index contributed by atoms with van der Waals surface area (Å²) in [5.74, 6) is -4.64. The van der Waals surface area contributed by atoms with E-state index in [2.05, 4.69) is 0 Å². The Hall–Kier alpha value is -1.42. The van der Waals surface area contributed by atoms with Gasteiger partial charge in [0.05, 0.1) is 23.5 Å². The minimum Gasteiger partial charge on any atom is -0.458 e. The number of fused-ring (bicyclic) bond motifs is 5. The predicted molar refractivity (Wildman–Crippen MR) is 145 cm³/mol. The van der Waals surface area contributed by atoms with Gasteiger partial charge in [-0.05, 0) is 42.7 Å². The Balaban J connectivity index is 1.99. The molecule has 0 amide bonds. The van der Waals surface area contributed by atoms with Crippen LogP contribution in [0.15, 0.2) is 11.6 Å². The highest BCUT2D eigenvalue weighted by Crippen LogP contribution is 2.72. The van der Waals surface area contributed by atoms with Crippen molar-refractivity contribution in [1.82, 2.24) is 0 Å². The summed E-state index contributed by atoms with van der Waals surface area (Å²) in [5.41, 5.74) is -4.75. The minimum atomic E-state index is -4.32. The number of alkyl halides is 1. The van der Waals surface area contributed by atoms with E-state index in [4.69, 9.17) is 24.7 Å². The topological polar surface area (TPSA) is 188 Å². The molecule has 0 aliphatic heterocycles. The van der Waals surface area contributed by atoms with E-state index in [1.807, 2.05) is 0 Å². The van der Waals surface area contributed by atoms with Crippen molar-refractivity contribution in [2.24, 2.45) is 28.6 Å². The van der Waals surface area contributed by atoms with Crippen molar-refractivity contribution in [3.63, 3.8) is 0 Å². The largest absolute Gasteiger partial charge is 0.458 e. The van der Waals surface area contributed by atoms with Crippen molar-refractivity contribution < 1.29 is 54.5 Å². The Kier molecular flexibility index (Phi) is 7.98. The average Bonchev–Trinajstić information content (AvgIpc) is 3.01. The lowest BCUT2D eigenvalue weighted by atomic mass is 9.43. The zero-order valence-electron chi connectivity index (χ0n) is 23.7. The third-order valence-electron chi connectivity index (χ3n) is 10.1. The molecule has 0 aromatic carbocycles. The maximum atomic E-state index is 13.5. The highest BCUT2D eigenvalue weighted by molar-refractivity contribution is 7.86. The van der Waals surface area contributed by atoms with Gasteiger partial charge < -0.3 is 14.9 Å². The fourth-order valence-electron chi connectivity index (χ4n) is 8.35. The van der Waals surface area contributed by atoms with Crippen molar-refractivity contribution in [1.29, 1.82) is 0 Å². The first-order chi connectivity index (χ1) is 18.5. The summed E-state index contributed by atoms with van der Waals surface area (Å²) < 4.78 is 66.1. The number of aliphatic hydroxyl groups is 2. The van der Waals surface area contributed by atoms with Gasteiger partial charge in [0.2, 0.25) is 5.78 Å². The number of hydrogen-bond acceptors (Lipinski definition) is 12. The Labute approximate surface area is 245 Å². The Morgan fingerprint density at radius 1 is 1.12 bits per heavy atom. The molecule has 0 saturated heterocycles. The van der Waals surface area contributed by atoms with Crippen LogP contribution >= 0.6 is 11.6 Å². The van der Waals surface area contributed by atoms with Gasteiger partial charge in [-0.2, -0.15) is 16.8 Å². The van der Waals surface area contributed by atoms with Crippen LogP contribution in [-0.4, -0.2) is 92.5 Å². The molecule has 15 heteroatoms. The molecule has 0 bridgehead atoms. The van der Waals surface area contributed by atoms with E-state index in [1.54, 1.807) is 20.8 Å². The number of carbonyl (C=O) groups is 3. The van der Waals surface area contributed by atoms with Crippen LogP contribution in [0.2, 0.25) is 0 Å². The van der Waals surface area contributed by atoms with E-state index in [0.29, 0.717) is 0 Å². The fourth-order valence-corrected chi connectivity index (χ4v) is 10.1. The zero-order valence-corrected chi connectivity index (χ0v) is 26.1. The lowest BCUT2D eigenvalue weighted by Crippen LogP contribution is -2.75. The van der Waals surface area contributed by atoms with Gasteiger partial charge in [0.1, 0.15) is 17.8 Å². The van der Waals surface area contributed by atoms with Crippen molar-refractivity contribution in [2.45, 2.75) is 82.2 Å². The van der Waals surface area contributed by atoms with Crippen LogP contribution in [0.25, 0.3) is 0 Å². The smallest absolute Gasteiger partial charge is 0.303 e. The summed E-state index contributed by atoms with van der Waals surface area (Å²) in [6.45, 7) is 5.26. The van der Waals surface area contributed by atoms with Crippen molar-refractivity contribution in [2.75, 3.05) is 19.1 Å². The summed E-state index contributed by atoms with van der Waals surface area (Å²) in [4.78, 5) is 35.8. The van der Waals surface area contributed by atoms with Crippen LogP contribution in [0.1, 0.15) is 53.4 Å². The van der Waals surface area contributed by atoms with Gasteiger partial charge in [-0.1, -0.05) is 20.8 Å². The van der Waals surface area contributed by atoms with Gasteiger partial charge in [0.25, 0.3) is 20.2 Å². The van der Waals surface area contributed by atoms with Crippen LogP contribution in [0, 0.1) is 28.6 Å². The monoisotopic (exact) mass is 640 g/mol. The minimum absolute atomic E-state index is 0.0280. The second-order valence-corrected chi connectivity index (χ2v) is 16.4. The maximum absolute atomic E-state index is 13.5. The molecular weight excluding hydrogens is 604 g/mol. The molecule has 4 rings (SSSR count). The number of esters is 1. The number of aliphatic hydroxyl groups excluding tert-OH is 1. The van der Waals surface area contributed by atoms with E-state index in [1.165, 1.54) is 6.08 Å². The molecule has 4 aliphatic rings. The van der Waals surface area contributed by atoms with Crippen LogP contribution in [0.5, 0.6) is 0 Å². The predicted octanol–water partition coefficient (Wildman–Crippen LogP) is 0.869. The number of ether oxygens (including phenoxy) is 1. The third-order valence-corrected chi connectivity index (χ3v) is 12.1. The van der Waals surface area contributed by atoms with E-state index >= 15 is 0 Å². The Morgan fingerprint density at radius 3 is 2.24 bits per heavy atom. The number of Topliss-reactive ketones (excluding diaryl/α,β-unsaturated/α-hetero) is 1. The first-order valence-electron chi connectivity index (χ1n) is 13.3. The molecule has 4 unspecified atom stereocenters. The zero-order chi connectivity index (χ0) is 31.1. The van der Waals surface area contributed by atoms with Crippen LogP contribution < -0.4 is 0 Å². The van der Waals surface area contributed by atoms with Crippen LogP contribution in [0.3, 0.4) is 0 Å². The standard InChI is InChI=1S/C26H37ClO12S2/c1-13-9-16-20-22(39-41(6,35)36)21(38-40(5,33)34)17-10-15(29)7-8-23(17,3)25(20,27)18(30)11-24(16,4)26(13,32)19(31)12-37-14(2)28/h10,13,16,18,20-22,30,32H,7-9,11-12H2,1-6H3/t13?,16-,18?,20+,21?,22?,23-,24-,25+,26-/m0/s1. The van der Waals surface area contributed by atoms with Gasteiger partial charge >= 0.3 is 5.97 Å². The molecular formula is C26H37ClO12S2. The average molecular weight is 641 g/mol. The Morgan fingerprint density at radius 2 is 1.71 bits per heavy atom. The van der Waals surface area contributed by atoms with Gasteiger partial charge in [0.15, 0.2) is 12.4 Å². The molecule has 0 heterocycles. The van der Waals surface area contributed by atoms with Crippen molar-refractivity contribution in [3.8, 4) is 0 Å². The molecule has 232 valence electrons. The summed E-state index contributed by atoms with van der Waals surface area (Å²) in [5, 5.41) is 23.9. The lowest BCUT2D eigenvalue weighted by Gasteiger charge is -2.67. The van der Waals surface area contributed by atoms with Gasteiger partial charge in [0, 0.05) is 30.1 Å². The SMILES string of the molecule is CC(=O)OCC(=O)[C@@]1(O)C(C)C[C@H]2[C@@H]3C(OS(C)(=O)=O)C(OS(C)(=O)=O)C4=CC(=O)CC[C@]4(C)[C@@]3(Cl)C(O)C[C@@]21C. The summed E-state index contributed by atoms with van der Waals surface area (Å²) >= 11 is 7.48. The molecule has 12 nitrogen and oxygen atoms in total. The molecule has 2 N–H and O–H groups in total. The molecule has 3 saturated carbocycles. The number of halogens is 1. The summed E-state index contributed by atoms with van der Waals surface area (Å²) in [7, 11) is -8.58. The molecule has 0 aromatic heterocycles. The van der Waals surface area contributed by atoms with Gasteiger partial charge in [-0.25, -0.2) is 0 Å². The molecule has 3 fully saturated rings. The molecule has 0 spiro atoms. The molecule has 10 atom stereocenters. The van der Waals surface area contributed by atoms with E-state index < -0.39 is 96.0 Å². The van der Waals surface area contributed by atoms with Crippen molar-refractivity contribution >= 4 is 49.4 Å². The maximum Gasteiger partial charge on any atom is 0.303 e. The van der Waals surface area contributed by atoms with Crippen LogP contribution in [0.4, 0.5) is 0 Å². The van der Waals surface area contributed by atoms with Crippen molar-refractivity contribution in [3.05, 3.63) is 11.6 Å². The number of hydrogen-bond donors (Lipinski definition) is 2. The van der Waals surface area contributed by atoms with E-state index in [-0.39, 0.29) is 37.0 Å². The summed E-state index contributed by atoms with van der Waals surface area (Å²) in [6.07, 6.45) is -1.99. The highest BCUT2D eigenvalue weighted by Gasteiger charge is 2.78. The Bertz CT molecular complexity index is 1410. The van der Waals surface area contributed by atoms with Gasteiger partial charge in [-0.3, -0.25) is 22.7 Å². The first-order valence-corrected chi connectivity index (χ1v) is 17.3. The second-order valence-electron chi connectivity index (χ2n) is 12.5. The quantitative estimate of drug-likeness (QED) is 0.227. The summed E-state index contributed by atoms with van der Waals surface area (Å²) in [6, 6.07) is 0. The first kappa shape index (κ1) is 32.5. The lowest BCUT2D eigenvalue weighted by molar-refractivity contribution is -0.199. The van der Waals surface area contributed by atoms with Crippen LogP contribution in [-0.2, 0) is 47.7 Å². The highest BCUT2D eigenvalue weighted by atomic mass is 35.5. The number of ketones is 2. The molecule has 0 radical (unpaired) electrons. The fraction of sp³-hybridized carbons (Fsp3) is 0.808. The number of rotatable bonds is 7. The number of carbonyl (C=O) groups excluding carboxylic acids is 3. The second kappa shape index (κ2) is 10.1.